The quantitative estimate of drug-likeness (QED) is 0.692. The maximum Gasteiger partial charge on any atom is 0.243 e. The normalized spacial score (nSPS) is 12.4. The first-order valence-electron chi connectivity index (χ1n) is 8.49. The van der Waals surface area contributed by atoms with Crippen molar-refractivity contribution in [3.63, 3.8) is 0 Å². The monoisotopic (exact) mass is 428 g/mol. The van der Waals surface area contributed by atoms with Gasteiger partial charge >= 0.3 is 0 Å². The van der Waals surface area contributed by atoms with E-state index in [9.17, 15) is 13.2 Å². The Morgan fingerprint density at radius 2 is 1.78 bits per heavy atom. The Morgan fingerprint density at radius 1 is 1.11 bits per heavy atom. The van der Waals surface area contributed by atoms with Crippen LogP contribution in [0, 0.1) is 0 Å². The molecule has 2 rings (SSSR count). The topological polar surface area (TPSA) is 66.5 Å². The van der Waals surface area contributed by atoms with Gasteiger partial charge in [0.1, 0.15) is 6.04 Å². The van der Waals surface area contributed by atoms with Crippen LogP contribution in [-0.4, -0.2) is 33.2 Å². The van der Waals surface area contributed by atoms with Crippen LogP contribution in [0.3, 0.4) is 0 Å². The zero-order valence-electron chi connectivity index (χ0n) is 15.2. The second-order valence-electron chi connectivity index (χ2n) is 6.13. The second kappa shape index (κ2) is 9.44. The van der Waals surface area contributed by atoms with Crippen molar-refractivity contribution >= 4 is 44.8 Å². The summed E-state index contributed by atoms with van der Waals surface area (Å²) in [6.45, 7) is 2.16. The molecule has 1 N–H and O–H groups in total. The first-order chi connectivity index (χ1) is 12.7. The van der Waals surface area contributed by atoms with Crippen molar-refractivity contribution in [3.05, 3.63) is 64.1 Å². The van der Waals surface area contributed by atoms with Gasteiger partial charge in [-0.15, -0.1) is 0 Å². The third kappa shape index (κ3) is 6.13. The lowest BCUT2D eigenvalue weighted by atomic mass is 10.1. The number of hydrogen-bond acceptors (Lipinski definition) is 3. The molecule has 0 aliphatic carbocycles. The molecular weight excluding hydrogens is 407 g/mol. The molecule has 0 spiro atoms. The number of carbonyl (C=O) groups excluding carboxylic acids is 1. The molecule has 1 amide bonds. The minimum atomic E-state index is -3.67. The lowest BCUT2D eigenvalue weighted by Gasteiger charge is -2.30. The molecule has 0 fully saturated rings. The minimum absolute atomic E-state index is 0.326. The predicted molar refractivity (Wildman–Crippen MR) is 111 cm³/mol. The summed E-state index contributed by atoms with van der Waals surface area (Å²) in [5.41, 5.74) is 1.40. The highest BCUT2D eigenvalue weighted by Gasteiger charge is 2.31. The first-order valence-corrected chi connectivity index (χ1v) is 11.1. The molecular formula is C19H22Cl2N2O3S. The van der Waals surface area contributed by atoms with E-state index in [4.69, 9.17) is 23.2 Å². The third-order valence-electron chi connectivity index (χ3n) is 4.02. The Hall–Kier alpha value is -1.76. The molecule has 0 radical (unpaired) electrons. The Kier molecular flexibility index (Phi) is 7.53. The summed E-state index contributed by atoms with van der Waals surface area (Å²) in [5, 5.41) is 3.88. The van der Waals surface area contributed by atoms with Crippen molar-refractivity contribution in [2.45, 2.75) is 25.8 Å². The van der Waals surface area contributed by atoms with E-state index in [1.54, 1.807) is 37.3 Å². The van der Waals surface area contributed by atoms with Crippen molar-refractivity contribution in [3.8, 4) is 0 Å². The fourth-order valence-electron chi connectivity index (χ4n) is 2.77. The number of rotatable bonds is 8. The molecule has 0 aliphatic rings. The number of halogens is 2. The molecule has 146 valence electrons. The van der Waals surface area contributed by atoms with Crippen LogP contribution in [-0.2, 0) is 21.2 Å². The van der Waals surface area contributed by atoms with Crippen LogP contribution >= 0.6 is 23.2 Å². The van der Waals surface area contributed by atoms with Crippen molar-refractivity contribution in [1.82, 2.24) is 5.32 Å². The highest BCUT2D eigenvalue weighted by molar-refractivity contribution is 7.92. The number of sulfonamides is 1. The van der Waals surface area contributed by atoms with Gasteiger partial charge in [0.25, 0.3) is 0 Å². The van der Waals surface area contributed by atoms with E-state index in [1.165, 1.54) is 6.07 Å². The first kappa shape index (κ1) is 21.5. The van der Waals surface area contributed by atoms with E-state index in [0.29, 0.717) is 35.1 Å². The molecule has 0 heterocycles. The number of carbonyl (C=O) groups is 1. The van der Waals surface area contributed by atoms with Crippen LogP contribution in [0.5, 0.6) is 0 Å². The summed E-state index contributed by atoms with van der Waals surface area (Å²) in [6, 6.07) is 13.0. The lowest BCUT2D eigenvalue weighted by molar-refractivity contribution is -0.122. The van der Waals surface area contributed by atoms with Crippen LogP contribution in [0.2, 0.25) is 10.0 Å². The van der Waals surface area contributed by atoms with Crippen LogP contribution < -0.4 is 9.62 Å². The molecule has 2 aromatic rings. The number of amides is 1. The Labute approximate surface area is 170 Å². The summed E-state index contributed by atoms with van der Waals surface area (Å²) in [6.07, 6.45) is 2.03. The number of nitrogens with one attached hydrogen (secondary N) is 1. The number of benzene rings is 2. The second-order valence-corrected chi connectivity index (χ2v) is 8.86. The van der Waals surface area contributed by atoms with Gasteiger partial charge in [-0.05, 0) is 48.7 Å². The molecule has 1 unspecified atom stereocenters. The van der Waals surface area contributed by atoms with Gasteiger partial charge in [-0.1, -0.05) is 48.3 Å². The van der Waals surface area contributed by atoms with Gasteiger partial charge in [-0.25, -0.2) is 8.42 Å². The van der Waals surface area contributed by atoms with Gasteiger partial charge in [-0.2, -0.15) is 0 Å². The summed E-state index contributed by atoms with van der Waals surface area (Å²) < 4.78 is 25.9. The fraction of sp³-hybridized carbons (Fsp3) is 0.316. The van der Waals surface area contributed by atoms with E-state index in [0.717, 1.165) is 16.1 Å². The number of nitrogens with zero attached hydrogens (tertiary/aromatic N) is 1. The van der Waals surface area contributed by atoms with Crippen LogP contribution in [0.4, 0.5) is 5.69 Å². The largest absolute Gasteiger partial charge is 0.354 e. The molecule has 0 aliphatic heterocycles. The number of hydrogen-bond donors (Lipinski definition) is 1. The highest BCUT2D eigenvalue weighted by atomic mass is 35.5. The Balaban J connectivity index is 2.13. The van der Waals surface area contributed by atoms with Gasteiger partial charge in [0.15, 0.2) is 0 Å². The molecule has 5 nitrogen and oxygen atoms in total. The van der Waals surface area contributed by atoms with E-state index >= 15 is 0 Å². The van der Waals surface area contributed by atoms with Crippen molar-refractivity contribution in [2.75, 3.05) is 17.1 Å². The zero-order chi connectivity index (χ0) is 20.0. The van der Waals surface area contributed by atoms with E-state index in [2.05, 4.69) is 5.32 Å². The van der Waals surface area contributed by atoms with Gasteiger partial charge in [-0.3, -0.25) is 9.10 Å². The van der Waals surface area contributed by atoms with Crippen molar-refractivity contribution in [1.29, 1.82) is 0 Å². The summed E-state index contributed by atoms with van der Waals surface area (Å²) in [5.74, 6) is -0.350. The summed E-state index contributed by atoms with van der Waals surface area (Å²) in [7, 11) is -3.67. The Morgan fingerprint density at radius 3 is 2.33 bits per heavy atom. The standard InChI is InChI=1S/C19H22Cl2N2O3S/c1-3-18(19(24)22-12-11-14-7-9-15(20)10-8-14)23(27(2,25)26)17-6-4-5-16(21)13-17/h4-10,13,18H,3,11-12H2,1-2H3,(H,22,24). The van der Waals surface area contributed by atoms with Gasteiger partial charge < -0.3 is 5.32 Å². The Bertz CT molecular complexity index is 886. The maximum atomic E-state index is 12.7. The van der Waals surface area contributed by atoms with Crippen LogP contribution in [0.1, 0.15) is 18.9 Å². The lowest BCUT2D eigenvalue weighted by Crippen LogP contribution is -2.49. The van der Waals surface area contributed by atoms with E-state index in [-0.39, 0.29) is 5.91 Å². The molecule has 0 saturated carbocycles. The van der Waals surface area contributed by atoms with E-state index in [1.807, 2.05) is 12.1 Å². The molecule has 0 aromatic heterocycles. The van der Waals surface area contributed by atoms with E-state index < -0.39 is 16.1 Å². The highest BCUT2D eigenvalue weighted by Crippen LogP contribution is 2.25. The summed E-state index contributed by atoms with van der Waals surface area (Å²) >= 11 is 11.9. The van der Waals surface area contributed by atoms with Crippen LogP contribution in [0.25, 0.3) is 0 Å². The van der Waals surface area contributed by atoms with Gasteiger partial charge in [0.05, 0.1) is 11.9 Å². The van der Waals surface area contributed by atoms with Gasteiger partial charge in [0.2, 0.25) is 15.9 Å². The summed E-state index contributed by atoms with van der Waals surface area (Å²) in [4.78, 5) is 12.7. The SMILES string of the molecule is CCC(C(=O)NCCc1ccc(Cl)cc1)N(c1cccc(Cl)c1)S(C)(=O)=O. The molecule has 0 saturated heterocycles. The average molecular weight is 429 g/mol. The third-order valence-corrected chi connectivity index (χ3v) is 5.69. The maximum absolute atomic E-state index is 12.7. The molecule has 8 heteroatoms. The molecule has 27 heavy (non-hydrogen) atoms. The van der Waals surface area contributed by atoms with Crippen LogP contribution in [0.15, 0.2) is 48.5 Å². The molecule has 0 bridgehead atoms. The van der Waals surface area contributed by atoms with Gasteiger partial charge in [0, 0.05) is 16.6 Å². The average Bonchev–Trinajstić information content (AvgIpc) is 2.60. The number of anilines is 1. The predicted octanol–water partition coefficient (Wildman–Crippen LogP) is 3.90. The molecule has 2 aromatic carbocycles. The van der Waals surface area contributed by atoms with Crippen molar-refractivity contribution < 1.29 is 13.2 Å². The smallest absolute Gasteiger partial charge is 0.243 e. The minimum Gasteiger partial charge on any atom is -0.354 e. The van der Waals surface area contributed by atoms with Crippen molar-refractivity contribution in [2.24, 2.45) is 0 Å². The molecule has 1 atom stereocenters. The zero-order valence-corrected chi connectivity index (χ0v) is 17.5. The fourth-order valence-corrected chi connectivity index (χ4v) is 4.29.